The van der Waals surface area contributed by atoms with Crippen molar-refractivity contribution in [2.75, 3.05) is 6.54 Å². The van der Waals surface area contributed by atoms with Gasteiger partial charge in [0.15, 0.2) is 0 Å². The zero-order chi connectivity index (χ0) is 15.3. The highest BCUT2D eigenvalue weighted by atomic mass is 79.9. The van der Waals surface area contributed by atoms with Gasteiger partial charge in [0.2, 0.25) is 0 Å². The van der Waals surface area contributed by atoms with Gasteiger partial charge in [0.05, 0.1) is 5.92 Å². The molecule has 1 atom stereocenters. The number of nitrogens with one attached hydrogen (secondary N) is 1. The summed E-state index contributed by atoms with van der Waals surface area (Å²) in [5, 5.41) is 11.8. The molecule has 4 nitrogen and oxygen atoms in total. The summed E-state index contributed by atoms with van der Waals surface area (Å²) in [6, 6.07) is 5.30. The van der Waals surface area contributed by atoms with Gasteiger partial charge >= 0.3 is 5.97 Å². The predicted molar refractivity (Wildman–Crippen MR) is 81.8 cm³/mol. The molecule has 0 bridgehead atoms. The van der Waals surface area contributed by atoms with Crippen LogP contribution in [-0.2, 0) is 4.79 Å². The van der Waals surface area contributed by atoms with Crippen LogP contribution in [0.15, 0.2) is 22.7 Å². The minimum atomic E-state index is -0.869. The van der Waals surface area contributed by atoms with E-state index in [4.69, 9.17) is 5.11 Å². The van der Waals surface area contributed by atoms with E-state index >= 15 is 0 Å². The summed E-state index contributed by atoms with van der Waals surface area (Å²) < 4.78 is 0.942. The van der Waals surface area contributed by atoms with Crippen LogP contribution in [0.4, 0.5) is 0 Å². The molecule has 0 spiro atoms. The molecule has 1 amide bonds. The second kappa shape index (κ2) is 7.43. The summed E-state index contributed by atoms with van der Waals surface area (Å²) in [7, 11) is 0. The minimum Gasteiger partial charge on any atom is -0.481 e. The summed E-state index contributed by atoms with van der Waals surface area (Å²) in [5.74, 6) is -1.37. The number of rotatable bonds is 6. The van der Waals surface area contributed by atoms with Crippen molar-refractivity contribution >= 4 is 27.8 Å². The molecule has 0 saturated heterocycles. The maximum Gasteiger partial charge on any atom is 0.308 e. The first kappa shape index (κ1) is 16.7. The number of hydrogen-bond donors (Lipinski definition) is 2. The Kier molecular flexibility index (Phi) is 6.20. The number of carbonyl (C=O) groups is 2. The van der Waals surface area contributed by atoms with Gasteiger partial charge in [-0.25, -0.2) is 0 Å². The van der Waals surface area contributed by atoms with E-state index in [2.05, 4.69) is 21.2 Å². The van der Waals surface area contributed by atoms with E-state index in [-0.39, 0.29) is 18.4 Å². The lowest BCUT2D eigenvalue weighted by atomic mass is 9.97. The van der Waals surface area contributed by atoms with E-state index in [0.29, 0.717) is 12.0 Å². The molecule has 1 rings (SSSR count). The summed E-state index contributed by atoms with van der Waals surface area (Å²) in [5.41, 5.74) is 1.51. The number of carbonyl (C=O) groups excluding carboxylic acids is 1. The van der Waals surface area contributed by atoms with Crippen molar-refractivity contribution in [3.05, 3.63) is 33.8 Å². The van der Waals surface area contributed by atoms with Gasteiger partial charge in [-0.3, -0.25) is 9.59 Å². The van der Waals surface area contributed by atoms with Gasteiger partial charge in [-0.15, -0.1) is 0 Å². The van der Waals surface area contributed by atoms with Gasteiger partial charge in [0, 0.05) is 16.6 Å². The third-order valence-electron chi connectivity index (χ3n) is 3.03. The van der Waals surface area contributed by atoms with Crippen LogP contribution in [0.2, 0.25) is 0 Å². The van der Waals surface area contributed by atoms with Crippen molar-refractivity contribution in [2.45, 2.75) is 27.2 Å². The number of hydrogen-bond acceptors (Lipinski definition) is 2. The van der Waals surface area contributed by atoms with Gasteiger partial charge in [0.1, 0.15) is 0 Å². The number of carboxylic acid groups (broad SMARTS) is 1. The number of benzene rings is 1. The van der Waals surface area contributed by atoms with Gasteiger partial charge in [-0.1, -0.05) is 29.8 Å². The molecule has 2 N–H and O–H groups in total. The molecule has 0 saturated carbocycles. The predicted octanol–water partition coefficient (Wildman–Crippen LogP) is 3.23. The van der Waals surface area contributed by atoms with Crippen LogP contribution in [-0.4, -0.2) is 23.5 Å². The molecule has 0 aliphatic carbocycles. The largest absolute Gasteiger partial charge is 0.481 e. The maximum absolute atomic E-state index is 12.0. The fourth-order valence-corrected chi connectivity index (χ4v) is 2.19. The Bertz CT molecular complexity index is 500. The Morgan fingerprint density at radius 3 is 2.50 bits per heavy atom. The molecule has 1 unspecified atom stereocenters. The van der Waals surface area contributed by atoms with Gasteiger partial charge < -0.3 is 10.4 Å². The third-order valence-corrected chi connectivity index (χ3v) is 3.92. The SMILES string of the molecule is Cc1cc(C(=O)NCC(CC(C)C)C(=O)O)ccc1Br. The number of aryl methyl sites for hydroxylation is 1. The monoisotopic (exact) mass is 341 g/mol. The van der Waals surface area contributed by atoms with E-state index < -0.39 is 11.9 Å². The molecule has 0 radical (unpaired) electrons. The highest BCUT2D eigenvalue weighted by Crippen LogP contribution is 2.17. The molecule has 0 fully saturated rings. The lowest BCUT2D eigenvalue weighted by Crippen LogP contribution is -2.33. The quantitative estimate of drug-likeness (QED) is 0.834. The zero-order valence-electron chi connectivity index (χ0n) is 11.9. The second-order valence-electron chi connectivity index (χ2n) is 5.34. The smallest absolute Gasteiger partial charge is 0.308 e. The van der Waals surface area contributed by atoms with E-state index in [1.807, 2.05) is 26.8 Å². The first-order chi connectivity index (χ1) is 9.31. The van der Waals surface area contributed by atoms with E-state index in [1.165, 1.54) is 0 Å². The Morgan fingerprint density at radius 1 is 1.35 bits per heavy atom. The molecule has 0 aliphatic heterocycles. The van der Waals surface area contributed by atoms with Crippen molar-refractivity contribution in [3.8, 4) is 0 Å². The first-order valence-corrected chi connectivity index (χ1v) is 7.37. The van der Waals surface area contributed by atoms with Gasteiger partial charge in [-0.05, 0) is 43.0 Å². The fourth-order valence-electron chi connectivity index (χ4n) is 1.94. The summed E-state index contributed by atoms with van der Waals surface area (Å²) in [6.07, 6.45) is 0.551. The summed E-state index contributed by atoms with van der Waals surface area (Å²) in [6.45, 7) is 5.99. The molecule has 20 heavy (non-hydrogen) atoms. The van der Waals surface area contributed by atoms with Crippen LogP contribution >= 0.6 is 15.9 Å². The van der Waals surface area contributed by atoms with Gasteiger partial charge in [-0.2, -0.15) is 0 Å². The van der Waals surface area contributed by atoms with Crippen LogP contribution in [0.1, 0.15) is 36.2 Å². The normalized spacial score (nSPS) is 12.2. The number of carboxylic acids is 1. The molecular formula is C15H20BrNO3. The summed E-state index contributed by atoms with van der Waals surface area (Å²) >= 11 is 3.38. The average Bonchev–Trinajstić information content (AvgIpc) is 2.36. The van der Waals surface area contributed by atoms with Crippen molar-refractivity contribution in [2.24, 2.45) is 11.8 Å². The molecule has 5 heteroatoms. The highest BCUT2D eigenvalue weighted by Gasteiger charge is 2.20. The maximum atomic E-state index is 12.0. The van der Waals surface area contributed by atoms with Crippen LogP contribution in [0.5, 0.6) is 0 Å². The van der Waals surface area contributed by atoms with E-state index in [9.17, 15) is 9.59 Å². The highest BCUT2D eigenvalue weighted by molar-refractivity contribution is 9.10. The van der Waals surface area contributed by atoms with Crippen molar-refractivity contribution < 1.29 is 14.7 Å². The number of aliphatic carboxylic acids is 1. The number of amides is 1. The number of halogens is 1. The molecule has 1 aromatic rings. The van der Waals surface area contributed by atoms with Crippen LogP contribution < -0.4 is 5.32 Å². The Labute approximate surface area is 127 Å². The lowest BCUT2D eigenvalue weighted by Gasteiger charge is -2.15. The lowest BCUT2D eigenvalue weighted by molar-refractivity contribution is -0.142. The van der Waals surface area contributed by atoms with Crippen LogP contribution in [0, 0.1) is 18.8 Å². The van der Waals surface area contributed by atoms with Gasteiger partial charge in [0.25, 0.3) is 5.91 Å². The van der Waals surface area contributed by atoms with E-state index in [0.717, 1.165) is 10.0 Å². The first-order valence-electron chi connectivity index (χ1n) is 6.58. The molecule has 1 aromatic carbocycles. The third kappa shape index (κ3) is 4.96. The summed E-state index contributed by atoms with van der Waals surface area (Å²) in [4.78, 5) is 23.1. The minimum absolute atomic E-state index is 0.154. The standard InChI is InChI=1S/C15H20BrNO3/c1-9(2)6-12(15(19)20)8-17-14(18)11-4-5-13(16)10(3)7-11/h4-5,7,9,12H,6,8H2,1-3H3,(H,17,18)(H,19,20). The zero-order valence-corrected chi connectivity index (χ0v) is 13.5. The van der Waals surface area contributed by atoms with Crippen LogP contribution in [0.3, 0.4) is 0 Å². The van der Waals surface area contributed by atoms with E-state index in [1.54, 1.807) is 12.1 Å². The average molecular weight is 342 g/mol. The van der Waals surface area contributed by atoms with Crippen LogP contribution in [0.25, 0.3) is 0 Å². The Hall–Kier alpha value is -1.36. The fraction of sp³-hybridized carbons (Fsp3) is 0.467. The topological polar surface area (TPSA) is 66.4 Å². The Balaban J connectivity index is 2.65. The second-order valence-corrected chi connectivity index (χ2v) is 6.19. The molecular weight excluding hydrogens is 322 g/mol. The van der Waals surface area contributed by atoms with Crippen molar-refractivity contribution in [1.82, 2.24) is 5.32 Å². The Morgan fingerprint density at radius 2 is 2.00 bits per heavy atom. The molecule has 110 valence electrons. The van der Waals surface area contributed by atoms with Crippen molar-refractivity contribution in [1.29, 1.82) is 0 Å². The molecule has 0 aliphatic rings. The molecule has 0 heterocycles. The van der Waals surface area contributed by atoms with Crippen molar-refractivity contribution in [3.63, 3.8) is 0 Å². The molecule has 0 aromatic heterocycles.